The second-order valence-electron chi connectivity index (χ2n) is 7.70. The van der Waals surface area contributed by atoms with Crippen molar-refractivity contribution in [2.75, 3.05) is 0 Å². The summed E-state index contributed by atoms with van der Waals surface area (Å²) in [5.74, 6) is -0.493. The smallest absolute Gasteiger partial charge is 0.345 e. The fourth-order valence-corrected chi connectivity index (χ4v) is 5.74. The van der Waals surface area contributed by atoms with E-state index in [9.17, 15) is 15.0 Å². The number of aromatic carboxylic acids is 1. The van der Waals surface area contributed by atoms with Crippen molar-refractivity contribution in [3.8, 4) is 0 Å². The summed E-state index contributed by atoms with van der Waals surface area (Å²) in [7, 11) is 0. The predicted octanol–water partition coefficient (Wildman–Crippen LogP) is 5.09. The van der Waals surface area contributed by atoms with Gasteiger partial charge < -0.3 is 15.3 Å². The molecule has 0 aromatic carbocycles. The van der Waals surface area contributed by atoms with Gasteiger partial charge in [-0.25, -0.2) is 4.79 Å². The number of aliphatic hydroxyl groups is 2. The van der Waals surface area contributed by atoms with E-state index in [4.69, 9.17) is 28.3 Å². The van der Waals surface area contributed by atoms with E-state index in [2.05, 4.69) is 0 Å². The Kier molecular flexibility index (Phi) is 9.78. The van der Waals surface area contributed by atoms with Crippen LogP contribution in [0, 0.1) is 11.8 Å². The molecule has 0 saturated heterocycles. The summed E-state index contributed by atoms with van der Waals surface area (Å²) in [6.45, 7) is 1.75. The Morgan fingerprint density at radius 3 is 2.64 bits per heavy atom. The second-order valence-corrected chi connectivity index (χ2v) is 9.99. The van der Waals surface area contributed by atoms with Gasteiger partial charge in [0.1, 0.15) is 4.88 Å². The number of alkyl halides is 2. The van der Waals surface area contributed by atoms with Crippen LogP contribution in [0.3, 0.4) is 0 Å². The summed E-state index contributed by atoms with van der Waals surface area (Å²) in [5, 5.41) is 28.4. The third kappa shape index (κ3) is 7.34. The maximum Gasteiger partial charge on any atom is 0.345 e. The number of allylic oxidation sites excluding steroid dienone is 1. The first kappa shape index (κ1) is 23.7. The number of thiophene rings is 1. The Morgan fingerprint density at radius 1 is 1.25 bits per heavy atom. The predicted molar refractivity (Wildman–Crippen MR) is 116 cm³/mol. The van der Waals surface area contributed by atoms with E-state index < -0.39 is 12.1 Å². The molecule has 1 saturated carbocycles. The molecule has 28 heavy (non-hydrogen) atoms. The van der Waals surface area contributed by atoms with Crippen LogP contribution in [0.4, 0.5) is 0 Å². The highest BCUT2D eigenvalue weighted by Gasteiger charge is 2.39. The van der Waals surface area contributed by atoms with Gasteiger partial charge in [0.15, 0.2) is 0 Å². The third-order valence-corrected chi connectivity index (χ3v) is 7.44. The molecule has 0 unspecified atom stereocenters. The van der Waals surface area contributed by atoms with Gasteiger partial charge in [0, 0.05) is 15.6 Å². The number of rotatable bonds is 11. The van der Waals surface area contributed by atoms with E-state index >= 15 is 0 Å². The minimum atomic E-state index is -0.880. The summed E-state index contributed by atoms with van der Waals surface area (Å²) in [5.41, 5.74) is 0. The highest BCUT2D eigenvalue weighted by Crippen LogP contribution is 2.42. The molecule has 7 heteroatoms. The van der Waals surface area contributed by atoms with Crippen molar-refractivity contribution in [1.29, 1.82) is 0 Å². The molecule has 2 rings (SSSR count). The van der Waals surface area contributed by atoms with Crippen molar-refractivity contribution in [2.24, 2.45) is 11.8 Å². The molecular weight excluding hydrogens is 419 g/mol. The molecule has 0 aliphatic heterocycles. The van der Waals surface area contributed by atoms with Crippen LogP contribution in [0.15, 0.2) is 24.3 Å². The molecular formula is C21H30Cl2O4S. The molecule has 1 aromatic heterocycles. The van der Waals surface area contributed by atoms with Crippen molar-refractivity contribution in [1.82, 2.24) is 0 Å². The van der Waals surface area contributed by atoms with Crippen LogP contribution in [0.5, 0.6) is 0 Å². The summed E-state index contributed by atoms with van der Waals surface area (Å²) in [6, 6.07) is 3.54. The topological polar surface area (TPSA) is 77.8 Å². The molecule has 6 atom stereocenters. The summed E-state index contributed by atoms with van der Waals surface area (Å²) in [4.78, 5) is 12.4. The van der Waals surface area contributed by atoms with Gasteiger partial charge in [0.25, 0.3) is 0 Å². The Bertz CT molecular complexity index is 646. The van der Waals surface area contributed by atoms with Gasteiger partial charge in [-0.05, 0) is 75.8 Å². The number of aryl methyl sites for hydroxylation is 1. The Labute approximate surface area is 181 Å². The van der Waals surface area contributed by atoms with Crippen LogP contribution in [0.1, 0.15) is 60.0 Å². The van der Waals surface area contributed by atoms with Crippen LogP contribution >= 0.6 is 34.5 Å². The average molecular weight is 449 g/mol. The third-order valence-electron chi connectivity index (χ3n) is 5.34. The molecule has 1 aliphatic carbocycles. The van der Waals surface area contributed by atoms with Gasteiger partial charge in [-0.3, -0.25) is 0 Å². The molecule has 0 radical (unpaired) electrons. The molecule has 1 fully saturated rings. The summed E-state index contributed by atoms with van der Waals surface area (Å²) >= 11 is 14.4. The molecule has 0 amide bonds. The van der Waals surface area contributed by atoms with Gasteiger partial charge in [0.2, 0.25) is 0 Å². The first-order chi connectivity index (χ1) is 13.3. The summed E-state index contributed by atoms with van der Waals surface area (Å²) < 4.78 is 0. The summed E-state index contributed by atoms with van der Waals surface area (Å²) in [6.07, 6.45) is 8.50. The number of halogens is 2. The monoisotopic (exact) mass is 448 g/mol. The molecule has 0 spiro atoms. The number of hydrogen-bond donors (Lipinski definition) is 3. The number of aliphatic hydroxyl groups excluding tert-OH is 2. The normalized spacial score (nSPS) is 27.3. The van der Waals surface area contributed by atoms with E-state index in [-0.39, 0.29) is 28.7 Å². The lowest BCUT2D eigenvalue weighted by atomic mass is 9.89. The zero-order chi connectivity index (χ0) is 20.7. The lowest BCUT2D eigenvalue weighted by Crippen LogP contribution is -2.17. The van der Waals surface area contributed by atoms with Crippen molar-refractivity contribution in [2.45, 2.75) is 74.8 Å². The SMILES string of the molecule is C[C@@H](O)CCC[C@H](O)/C=C/[C@@H]1[C@@H](CCCc2ccc(C(=O)O)s2)[C@H](Cl)C[C@H]1Cl. The second kappa shape index (κ2) is 11.6. The fraction of sp³-hybridized carbons (Fsp3) is 0.667. The van der Waals surface area contributed by atoms with Gasteiger partial charge in [0.05, 0.1) is 12.2 Å². The van der Waals surface area contributed by atoms with Crippen LogP contribution in [-0.4, -0.2) is 44.3 Å². The lowest BCUT2D eigenvalue weighted by Gasteiger charge is -2.20. The van der Waals surface area contributed by atoms with Crippen LogP contribution in [0.25, 0.3) is 0 Å². The fourth-order valence-electron chi connectivity index (χ4n) is 3.81. The van der Waals surface area contributed by atoms with Crippen molar-refractivity contribution < 1.29 is 20.1 Å². The zero-order valence-electron chi connectivity index (χ0n) is 16.1. The molecule has 1 heterocycles. The standard InChI is InChI=1S/C21H30Cl2O4S/c1-13(24)4-2-5-14(25)8-10-17-16(18(22)12-19(17)23)7-3-6-15-9-11-20(28-15)21(26)27/h8-11,13-14,16-19,24-25H,2-7,12H2,1H3,(H,26,27)/b10-8+/t13-,14+,16-,17-,18-,19-/m1/s1. The van der Waals surface area contributed by atoms with E-state index in [0.29, 0.717) is 17.7 Å². The first-order valence-electron chi connectivity index (χ1n) is 9.92. The van der Waals surface area contributed by atoms with Crippen molar-refractivity contribution >= 4 is 40.5 Å². The van der Waals surface area contributed by atoms with Gasteiger partial charge in [-0.1, -0.05) is 12.2 Å². The molecule has 4 nitrogen and oxygen atoms in total. The maximum absolute atomic E-state index is 11.0. The molecule has 0 bridgehead atoms. The zero-order valence-corrected chi connectivity index (χ0v) is 18.5. The molecule has 158 valence electrons. The van der Waals surface area contributed by atoms with E-state index in [1.165, 1.54) is 11.3 Å². The van der Waals surface area contributed by atoms with Crippen LogP contribution < -0.4 is 0 Å². The van der Waals surface area contributed by atoms with E-state index in [1.807, 2.05) is 18.2 Å². The Hall–Kier alpha value is -0.590. The van der Waals surface area contributed by atoms with Crippen LogP contribution in [-0.2, 0) is 6.42 Å². The number of hydrogen-bond acceptors (Lipinski definition) is 4. The maximum atomic E-state index is 11.0. The van der Waals surface area contributed by atoms with Crippen LogP contribution in [0.2, 0.25) is 0 Å². The highest BCUT2D eigenvalue weighted by atomic mass is 35.5. The minimum Gasteiger partial charge on any atom is -0.477 e. The van der Waals surface area contributed by atoms with E-state index in [0.717, 1.165) is 37.0 Å². The minimum absolute atomic E-state index is 0.0162. The number of carboxylic acids is 1. The Morgan fingerprint density at radius 2 is 2.00 bits per heavy atom. The van der Waals surface area contributed by atoms with Gasteiger partial charge >= 0.3 is 5.97 Å². The molecule has 3 N–H and O–H groups in total. The number of carbonyl (C=O) groups is 1. The van der Waals surface area contributed by atoms with Crippen molar-refractivity contribution in [3.63, 3.8) is 0 Å². The average Bonchev–Trinajstić information content (AvgIpc) is 3.18. The Balaban J connectivity index is 1.84. The highest BCUT2D eigenvalue weighted by molar-refractivity contribution is 7.13. The van der Waals surface area contributed by atoms with Gasteiger partial charge in [-0.2, -0.15) is 0 Å². The van der Waals surface area contributed by atoms with Crippen molar-refractivity contribution in [3.05, 3.63) is 34.0 Å². The quantitative estimate of drug-likeness (QED) is 0.325. The largest absolute Gasteiger partial charge is 0.477 e. The van der Waals surface area contributed by atoms with E-state index in [1.54, 1.807) is 13.0 Å². The first-order valence-corrected chi connectivity index (χ1v) is 11.6. The van der Waals surface area contributed by atoms with Gasteiger partial charge in [-0.15, -0.1) is 34.5 Å². The lowest BCUT2D eigenvalue weighted by molar-refractivity contribution is 0.0702. The number of carboxylic acid groups (broad SMARTS) is 1. The molecule has 1 aromatic rings. The molecule has 1 aliphatic rings.